The zero-order valence-electron chi connectivity index (χ0n) is 8.51. The molecule has 1 aromatic heterocycles. The molecule has 88 valence electrons. The number of nitrogens with zero attached hydrogens (tertiary/aromatic N) is 3. The predicted molar refractivity (Wildman–Crippen MR) is 68.7 cm³/mol. The van der Waals surface area contributed by atoms with E-state index in [-0.39, 0.29) is 11.4 Å². The summed E-state index contributed by atoms with van der Waals surface area (Å²) in [5.74, 6) is -0.855. The second-order valence-corrected chi connectivity index (χ2v) is 4.47. The number of hydrogen-bond acceptors (Lipinski definition) is 3. The van der Waals surface area contributed by atoms with Gasteiger partial charge in [-0.2, -0.15) is 5.10 Å². The van der Waals surface area contributed by atoms with Gasteiger partial charge in [-0.15, -0.1) is 0 Å². The average molecular weight is 346 g/mol. The van der Waals surface area contributed by atoms with E-state index in [4.69, 9.17) is 10.9 Å². The summed E-state index contributed by atoms with van der Waals surface area (Å²) in [5.41, 5.74) is 5.90. The van der Waals surface area contributed by atoms with Crippen molar-refractivity contribution < 1.29 is 9.60 Å². The van der Waals surface area contributed by atoms with Crippen molar-refractivity contribution in [3.05, 3.63) is 45.5 Å². The van der Waals surface area contributed by atoms with Crippen LogP contribution in [0.2, 0.25) is 0 Å². The molecule has 0 saturated heterocycles. The molecular formula is C10H8FIN4O. The van der Waals surface area contributed by atoms with Crippen LogP contribution < -0.4 is 5.73 Å². The van der Waals surface area contributed by atoms with Crippen LogP contribution in [0.25, 0.3) is 5.69 Å². The number of nitrogens with two attached hydrogens (primary N) is 1. The van der Waals surface area contributed by atoms with Crippen LogP contribution in [0.3, 0.4) is 0 Å². The Morgan fingerprint density at radius 1 is 1.53 bits per heavy atom. The molecule has 5 nitrogen and oxygen atoms in total. The minimum atomic E-state index is -0.566. The summed E-state index contributed by atoms with van der Waals surface area (Å²) in [6.07, 6.45) is 3.34. The zero-order chi connectivity index (χ0) is 12.4. The summed E-state index contributed by atoms with van der Waals surface area (Å²) in [4.78, 5) is 0. The number of amidine groups is 1. The summed E-state index contributed by atoms with van der Waals surface area (Å²) < 4.78 is 16.0. The monoisotopic (exact) mass is 346 g/mol. The van der Waals surface area contributed by atoms with Gasteiger partial charge in [0.1, 0.15) is 5.82 Å². The molecule has 0 amide bonds. The maximum absolute atomic E-state index is 13.7. The highest BCUT2D eigenvalue weighted by atomic mass is 127. The van der Waals surface area contributed by atoms with Crippen molar-refractivity contribution in [1.82, 2.24) is 9.78 Å². The van der Waals surface area contributed by atoms with Crippen LogP contribution in [-0.4, -0.2) is 20.8 Å². The fraction of sp³-hybridized carbons (Fsp3) is 0. The summed E-state index contributed by atoms with van der Waals surface area (Å²) in [6, 6.07) is 4.41. The molecule has 0 aliphatic rings. The Kier molecular flexibility index (Phi) is 3.27. The molecule has 0 aliphatic carbocycles. The third-order valence-corrected chi connectivity index (χ3v) is 2.71. The molecule has 0 radical (unpaired) electrons. The number of benzene rings is 1. The number of halogens is 2. The quantitative estimate of drug-likeness (QED) is 0.286. The van der Waals surface area contributed by atoms with E-state index in [1.54, 1.807) is 18.5 Å². The second kappa shape index (κ2) is 4.70. The van der Waals surface area contributed by atoms with Crippen molar-refractivity contribution >= 4 is 28.4 Å². The highest BCUT2D eigenvalue weighted by molar-refractivity contribution is 14.1. The molecule has 0 fully saturated rings. The first-order chi connectivity index (χ1) is 8.13. The Balaban J connectivity index is 2.66. The van der Waals surface area contributed by atoms with Gasteiger partial charge in [0.2, 0.25) is 0 Å². The Labute approximate surface area is 110 Å². The number of hydrogen-bond donors (Lipinski definition) is 2. The van der Waals surface area contributed by atoms with E-state index in [0.29, 0.717) is 5.69 Å². The molecular weight excluding hydrogens is 338 g/mol. The van der Waals surface area contributed by atoms with Crippen LogP contribution in [0.15, 0.2) is 35.7 Å². The van der Waals surface area contributed by atoms with Gasteiger partial charge in [0, 0.05) is 6.20 Å². The SMILES string of the molecule is NC(=NO)c1c(F)cccc1-n1cc(I)cn1. The molecule has 2 rings (SSSR count). The molecule has 1 aromatic carbocycles. The zero-order valence-corrected chi connectivity index (χ0v) is 10.7. The van der Waals surface area contributed by atoms with Crippen molar-refractivity contribution in [2.24, 2.45) is 10.9 Å². The van der Waals surface area contributed by atoms with Gasteiger partial charge in [-0.05, 0) is 34.7 Å². The van der Waals surface area contributed by atoms with Gasteiger partial charge in [-0.3, -0.25) is 0 Å². The molecule has 2 aromatic rings. The van der Waals surface area contributed by atoms with E-state index in [2.05, 4.69) is 32.8 Å². The van der Waals surface area contributed by atoms with E-state index in [1.807, 2.05) is 0 Å². The van der Waals surface area contributed by atoms with Crippen LogP contribution in [0, 0.1) is 9.39 Å². The first-order valence-electron chi connectivity index (χ1n) is 4.60. The predicted octanol–water partition coefficient (Wildman–Crippen LogP) is 1.71. The van der Waals surface area contributed by atoms with Gasteiger partial charge < -0.3 is 10.9 Å². The lowest BCUT2D eigenvalue weighted by Gasteiger charge is -2.08. The molecule has 3 N–H and O–H groups in total. The Morgan fingerprint density at radius 2 is 2.29 bits per heavy atom. The second-order valence-electron chi connectivity index (χ2n) is 3.22. The van der Waals surface area contributed by atoms with E-state index >= 15 is 0 Å². The summed E-state index contributed by atoms with van der Waals surface area (Å²) in [6.45, 7) is 0. The number of aromatic nitrogens is 2. The average Bonchev–Trinajstić information content (AvgIpc) is 2.74. The maximum atomic E-state index is 13.7. The third kappa shape index (κ3) is 2.23. The van der Waals surface area contributed by atoms with Crippen LogP contribution >= 0.6 is 22.6 Å². The molecule has 0 spiro atoms. The van der Waals surface area contributed by atoms with Crippen LogP contribution in [0.4, 0.5) is 4.39 Å². The standard InChI is InChI=1S/C10H8FIN4O/c11-7-2-1-3-8(9(7)10(13)15-17)16-5-6(12)4-14-16/h1-5,17H,(H2,13,15). The van der Waals surface area contributed by atoms with E-state index < -0.39 is 5.82 Å². The fourth-order valence-electron chi connectivity index (χ4n) is 1.44. The number of oxime groups is 1. The first kappa shape index (κ1) is 11.8. The Morgan fingerprint density at radius 3 is 2.88 bits per heavy atom. The van der Waals surface area contributed by atoms with Gasteiger partial charge in [0.05, 0.1) is 21.0 Å². The Hall–Kier alpha value is -1.64. The van der Waals surface area contributed by atoms with E-state index in [0.717, 1.165) is 3.57 Å². The largest absolute Gasteiger partial charge is 0.409 e. The summed E-state index contributed by atoms with van der Waals surface area (Å²) in [7, 11) is 0. The fourth-order valence-corrected chi connectivity index (χ4v) is 1.83. The Bertz CT molecular complexity index is 581. The van der Waals surface area contributed by atoms with Gasteiger partial charge in [-0.25, -0.2) is 9.07 Å². The smallest absolute Gasteiger partial charge is 0.175 e. The third-order valence-electron chi connectivity index (χ3n) is 2.15. The van der Waals surface area contributed by atoms with E-state index in [9.17, 15) is 4.39 Å². The summed E-state index contributed by atoms with van der Waals surface area (Å²) in [5, 5.41) is 15.5. The van der Waals surface area contributed by atoms with Crippen molar-refractivity contribution in [3.8, 4) is 5.69 Å². The lowest BCUT2D eigenvalue weighted by molar-refractivity contribution is 0.318. The van der Waals surface area contributed by atoms with Crippen molar-refractivity contribution in [2.75, 3.05) is 0 Å². The molecule has 0 unspecified atom stereocenters. The topological polar surface area (TPSA) is 76.4 Å². The first-order valence-corrected chi connectivity index (χ1v) is 5.68. The maximum Gasteiger partial charge on any atom is 0.175 e. The van der Waals surface area contributed by atoms with Gasteiger partial charge >= 0.3 is 0 Å². The van der Waals surface area contributed by atoms with Gasteiger partial charge in [0.25, 0.3) is 0 Å². The minimum absolute atomic E-state index is 0.0227. The molecule has 0 bridgehead atoms. The molecule has 1 heterocycles. The van der Waals surface area contributed by atoms with Crippen LogP contribution in [0.1, 0.15) is 5.56 Å². The number of rotatable bonds is 2. The molecule has 0 aliphatic heterocycles. The molecule has 0 saturated carbocycles. The van der Waals surface area contributed by atoms with Gasteiger partial charge in [-0.1, -0.05) is 11.2 Å². The van der Waals surface area contributed by atoms with E-state index in [1.165, 1.54) is 16.8 Å². The van der Waals surface area contributed by atoms with Crippen LogP contribution in [0.5, 0.6) is 0 Å². The minimum Gasteiger partial charge on any atom is -0.409 e. The molecule has 7 heteroatoms. The lowest BCUT2D eigenvalue weighted by atomic mass is 10.1. The van der Waals surface area contributed by atoms with Crippen molar-refractivity contribution in [2.45, 2.75) is 0 Å². The van der Waals surface area contributed by atoms with Gasteiger partial charge in [0.15, 0.2) is 5.84 Å². The molecule has 0 atom stereocenters. The highest BCUT2D eigenvalue weighted by Crippen LogP contribution is 2.18. The van der Waals surface area contributed by atoms with Crippen molar-refractivity contribution in [3.63, 3.8) is 0 Å². The van der Waals surface area contributed by atoms with Crippen molar-refractivity contribution in [1.29, 1.82) is 0 Å². The highest BCUT2D eigenvalue weighted by Gasteiger charge is 2.14. The van der Waals surface area contributed by atoms with Crippen LogP contribution in [-0.2, 0) is 0 Å². The lowest BCUT2D eigenvalue weighted by Crippen LogP contribution is -2.18. The normalized spacial score (nSPS) is 11.8. The summed E-state index contributed by atoms with van der Waals surface area (Å²) >= 11 is 2.09. The molecule has 17 heavy (non-hydrogen) atoms.